The van der Waals surface area contributed by atoms with Crippen LogP contribution in [0, 0.1) is 0 Å². The van der Waals surface area contributed by atoms with Gasteiger partial charge in [0.25, 0.3) is 0 Å². The number of aliphatic imine (C=N–C) groups is 1. The van der Waals surface area contributed by atoms with Crippen molar-refractivity contribution in [2.24, 2.45) is 4.99 Å². The van der Waals surface area contributed by atoms with Gasteiger partial charge in [0, 0.05) is 39.3 Å². The van der Waals surface area contributed by atoms with Crippen LogP contribution < -0.4 is 10.6 Å². The first-order valence-corrected chi connectivity index (χ1v) is 7.71. The van der Waals surface area contributed by atoms with Crippen LogP contribution in [0.2, 0.25) is 0 Å². The van der Waals surface area contributed by atoms with Crippen molar-refractivity contribution in [3.05, 3.63) is 0 Å². The molecule has 2 aliphatic heterocycles. The molecule has 2 N–H and O–H groups in total. The highest BCUT2D eigenvalue weighted by molar-refractivity contribution is 14.0. The number of ether oxygens (including phenoxy) is 2. The van der Waals surface area contributed by atoms with E-state index in [4.69, 9.17) is 9.47 Å². The molecule has 2 saturated heterocycles. The summed E-state index contributed by atoms with van der Waals surface area (Å²) in [7, 11) is 1.79. The summed E-state index contributed by atoms with van der Waals surface area (Å²) in [5, 5.41) is 6.56. The zero-order valence-corrected chi connectivity index (χ0v) is 15.5. The molecule has 0 amide bonds. The van der Waals surface area contributed by atoms with Crippen molar-refractivity contribution < 1.29 is 9.47 Å². The lowest BCUT2D eigenvalue weighted by atomic mass is 10.2. The zero-order chi connectivity index (χ0) is 14.2. The van der Waals surface area contributed by atoms with Gasteiger partial charge in [-0.2, -0.15) is 0 Å². The average molecular weight is 412 g/mol. The second-order valence-electron chi connectivity index (χ2n) is 5.32. The molecule has 2 heterocycles. The average Bonchev–Trinajstić information content (AvgIpc) is 2.94. The van der Waals surface area contributed by atoms with Crippen molar-refractivity contribution in [1.29, 1.82) is 0 Å². The quantitative estimate of drug-likeness (QED) is 0.291. The number of halogens is 1. The molecule has 0 spiro atoms. The topological polar surface area (TPSA) is 58.1 Å². The SMILES string of the molecule is CCOCCNC(=NC)NCC1CN2CCCC2CO1.I. The molecule has 0 aromatic rings. The maximum atomic E-state index is 5.92. The number of hydrogen-bond donors (Lipinski definition) is 2. The minimum atomic E-state index is 0. The largest absolute Gasteiger partial charge is 0.380 e. The summed E-state index contributed by atoms with van der Waals surface area (Å²) in [5.74, 6) is 0.817. The van der Waals surface area contributed by atoms with Crippen molar-refractivity contribution in [2.75, 3.05) is 53.0 Å². The summed E-state index contributed by atoms with van der Waals surface area (Å²) in [6, 6.07) is 0.662. The number of guanidine groups is 1. The summed E-state index contributed by atoms with van der Waals surface area (Å²) in [5.41, 5.74) is 0. The van der Waals surface area contributed by atoms with Crippen LogP contribution in [-0.2, 0) is 9.47 Å². The molecule has 6 nitrogen and oxygen atoms in total. The Labute approximate surface area is 145 Å². The monoisotopic (exact) mass is 412 g/mol. The van der Waals surface area contributed by atoms with Crippen LogP contribution in [0.3, 0.4) is 0 Å². The highest BCUT2D eigenvalue weighted by atomic mass is 127. The molecule has 2 aliphatic rings. The fraction of sp³-hybridized carbons (Fsp3) is 0.929. The highest BCUT2D eigenvalue weighted by Gasteiger charge is 2.31. The molecular weight excluding hydrogens is 383 g/mol. The predicted molar refractivity (Wildman–Crippen MR) is 95.6 cm³/mol. The van der Waals surface area contributed by atoms with Crippen molar-refractivity contribution in [3.63, 3.8) is 0 Å². The van der Waals surface area contributed by atoms with Crippen LogP contribution in [0.1, 0.15) is 19.8 Å². The first-order chi connectivity index (χ1) is 9.83. The Morgan fingerprint density at radius 3 is 3.05 bits per heavy atom. The van der Waals surface area contributed by atoms with E-state index in [1.807, 2.05) is 6.92 Å². The van der Waals surface area contributed by atoms with Gasteiger partial charge < -0.3 is 20.1 Å². The Balaban J connectivity index is 0.00000220. The molecule has 0 radical (unpaired) electrons. The van der Waals surface area contributed by atoms with Gasteiger partial charge >= 0.3 is 0 Å². The maximum Gasteiger partial charge on any atom is 0.191 e. The predicted octanol–water partition coefficient (Wildman–Crippen LogP) is 0.669. The Bertz CT molecular complexity index is 317. The van der Waals surface area contributed by atoms with Crippen LogP contribution >= 0.6 is 24.0 Å². The third-order valence-electron chi connectivity index (χ3n) is 3.93. The number of morpholine rings is 1. The maximum absolute atomic E-state index is 5.92. The van der Waals surface area contributed by atoms with Crippen molar-refractivity contribution in [2.45, 2.75) is 31.9 Å². The Kier molecular flexibility index (Phi) is 9.54. The summed E-state index contributed by atoms with van der Waals surface area (Å²) >= 11 is 0. The van der Waals surface area contributed by atoms with Crippen LogP contribution in [0.25, 0.3) is 0 Å². The summed E-state index contributed by atoms with van der Waals surface area (Å²) in [4.78, 5) is 6.76. The summed E-state index contributed by atoms with van der Waals surface area (Å²) < 4.78 is 11.2. The molecule has 124 valence electrons. The molecule has 2 rings (SSSR count). The zero-order valence-electron chi connectivity index (χ0n) is 13.1. The van der Waals surface area contributed by atoms with Gasteiger partial charge in [-0.1, -0.05) is 0 Å². The molecule has 0 aromatic heterocycles. The number of nitrogens with one attached hydrogen (secondary N) is 2. The van der Waals surface area contributed by atoms with Crippen LogP contribution in [0.15, 0.2) is 4.99 Å². The first kappa shape index (κ1) is 18.9. The van der Waals surface area contributed by atoms with Crippen molar-refractivity contribution >= 4 is 29.9 Å². The molecule has 2 unspecified atom stereocenters. The van der Waals surface area contributed by atoms with E-state index in [9.17, 15) is 0 Å². The molecule has 0 saturated carbocycles. The van der Waals surface area contributed by atoms with E-state index < -0.39 is 0 Å². The molecule has 0 bridgehead atoms. The Morgan fingerprint density at radius 1 is 1.43 bits per heavy atom. The van der Waals surface area contributed by atoms with E-state index in [0.717, 1.165) is 38.8 Å². The fourth-order valence-corrected chi connectivity index (χ4v) is 2.83. The number of hydrogen-bond acceptors (Lipinski definition) is 4. The van der Waals surface area contributed by atoms with E-state index >= 15 is 0 Å². The van der Waals surface area contributed by atoms with Crippen molar-refractivity contribution in [1.82, 2.24) is 15.5 Å². The third kappa shape index (κ3) is 6.25. The first-order valence-electron chi connectivity index (χ1n) is 7.71. The van der Waals surface area contributed by atoms with Crippen LogP contribution in [-0.4, -0.2) is 76.1 Å². The highest BCUT2D eigenvalue weighted by Crippen LogP contribution is 2.22. The third-order valence-corrected chi connectivity index (χ3v) is 3.93. The van der Waals surface area contributed by atoms with Crippen molar-refractivity contribution in [3.8, 4) is 0 Å². The molecule has 0 aromatic carbocycles. The van der Waals surface area contributed by atoms with Gasteiger partial charge in [-0.3, -0.25) is 9.89 Å². The van der Waals surface area contributed by atoms with E-state index in [1.165, 1.54) is 19.4 Å². The fourth-order valence-electron chi connectivity index (χ4n) is 2.83. The number of fused-ring (bicyclic) bond motifs is 1. The van der Waals surface area contributed by atoms with Gasteiger partial charge in [0.15, 0.2) is 5.96 Å². The number of rotatable bonds is 6. The van der Waals surface area contributed by atoms with Gasteiger partial charge in [0.2, 0.25) is 0 Å². The van der Waals surface area contributed by atoms with Crippen LogP contribution in [0.4, 0.5) is 0 Å². The normalized spacial score (nSPS) is 26.1. The minimum Gasteiger partial charge on any atom is -0.380 e. The van der Waals surface area contributed by atoms with E-state index in [-0.39, 0.29) is 30.1 Å². The summed E-state index contributed by atoms with van der Waals surface area (Å²) in [6.07, 6.45) is 2.87. The minimum absolute atomic E-state index is 0. The van der Waals surface area contributed by atoms with Crippen LogP contribution in [0.5, 0.6) is 0 Å². The smallest absolute Gasteiger partial charge is 0.191 e. The Morgan fingerprint density at radius 2 is 2.29 bits per heavy atom. The van der Waals surface area contributed by atoms with Gasteiger partial charge in [0.05, 0.1) is 19.3 Å². The van der Waals surface area contributed by atoms with Gasteiger partial charge in [-0.05, 0) is 26.3 Å². The molecular formula is C14H29IN4O2. The van der Waals surface area contributed by atoms with E-state index in [2.05, 4.69) is 20.5 Å². The van der Waals surface area contributed by atoms with Gasteiger partial charge in [-0.15, -0.1) is 24.0 Å². The Hall–Kier alpha value is -0.120. The van der Waals surface area contributed by atoms with E-state index in [1.54, 1.807) is 7.05 Å². The molecule has 0 aliphatic carbocycles. The summed E-state index contributed by atoms with van der Waals surface area (Å²) in [6.45, 7) is 8.17. The second-order valence-corrected chi connectivity index (χ2v) is 5.32. The molecule has 21 heavy (non-hydrogen) atoms. The van der Waals surface area contributed by atoms with Gasteiger partial charge in [0.1, 0.15) is 0 Å². The van der Waals surface area contributed by atoms with E-state index in [0.29, 0.717) is 12.6 Å². The molecule has 2 atom stereocenters. The standard InChI is InChI=1S/C14H28N4O2.HI/c1-3-19-8-6-16-14(15-2)17-9-13-10-18-7-4-5-12(18)11-20-13;/h12-13H,3-11H2,1-2H3,(H2,15,16,17);1H. The lowest BCUT2D eigenvalue weighted by Crippen LogP contribution is -2.51. The van der Waals surface area contributed by atoms with Gasteiger partial charge in [-0.25, -0.2) is 0 Å². The molecule has 7 heteroatoms. The number of nitrogens with zero attached hydrogens (tertiary/aromatic N) is 2. The lowest BCUT2D eigenvalue weighted by molar-refractivity contribution is -0.0453. The molecule has 2 fully saturated rings. The second kappa shape index (κ2) is 10.6. The lowest BCUT2D eigenvalue weighted by Gasteiger charge is -2.35.